The number of nitrogens with zero attached hydrogens (tertiary/aromatic N) is 2. The summed E-state index contributed by atoms with van der Waals surface area (Å²) in [5, 5.41) is 9.42. The van der Waals surface area contributed by atoms with E-state index in [4.69, 9.17) is 0 Å². The number of phenols is 1. The maximum atomic E-state index is 12.3. The molecule has 4 heteroatoms. The number of hydrogen-bond acceptors (Lipinski definition) is 3. The van der Waals surface area contributed by atoms with Crippen molar-refractivity contribution < 1.29 is 9.90 Å². The number of amides is 1. The van der Waals surface area contributed by atoms with Crippen molar-refractivity contribution in [3.8, 4) is 5.75 Å². The zero-order chi connectivity index (χ0) is 13.7. The Hall–Kier alpha value is -2.36. The fraction of sp³-hybridized carbons (Fsp3) is 0.200. The van der Waals surface area contributed by atoms with Crippen LogP contribution in [0.4, 0.5) is 0 Å². The van der Waals surface area contributed by atoms with E-state index in [1.807, 2.05) is 25.1 Å². The minimum atomic E-state index is -0.107. The van der Waals surface area contributed by atoms with Gasteiger partial charge >= 0.3 is 0 Å². The highest BCUT2D eigenvalue weighted by Crippen LogP contribution is 2.14. The zero-order valence-corrected chi connectivity index (χ0v) is 10.8. The average Bonchev–Trinajstić information content (AvgIpc) is 2.45. The van der Waals surface area contributed by atoms with Crippen molar-refractivity contribution in [2.75, 3.05) is 6.54 Å². The summed E-state index contributed by atoms with van der Waals surface area (Å²) in [5.74, 6) is -0.0104. The molecule has 0 atom stereocenters. The molecule has 0 aliphatic rings. The Morgan fingerprint density at radius 1 is 1.26 bits per heavy atom. The van der Waals surface area contributed by atoms with Crippen LogP contribution < -0.4 is 0 Å². The van der Waals surface area contributed by atoms with Crippen LogP contribution in [0.25, 0.3) is 0 Å². The van der Waals surface area contributed by atoms with Gasteiger partial charge in [-0.2, -0.15) is 0 Å². The van der Waals surface area contributed by atoms with Gasteiger partial charge in [0.25, 0.3) is 5.91 Å². The second kappa shape index (κ2) is 6.00. The normalized spacial score (nSPS) is 10.2. The van der Waals surface area contributed by atoms with Crippen LogP contribution in [0.3, 0.4) is 0 Å². The Labute approximate surface area is 112 Å². The number of phenolic OH excluding ortho intramolecular Hbond substituents is 1. The minimum Gasteiger partial charge on any atom is -0.508 e. The lowest BCUT2D eigenvalue weighted by atomic mass is 10.2. The number of carbonyl (C=O) groups is 1. The summed E-state index contributed by atoms with van der Waals surface area (Å²) in [4.78, 5) is 18.2. The van der Waals surface area contributed by atoms with E-state index in [0.29, 0.717) is 18.7 Å². The molecule has 4 nitrogen and oxygen atoms in total. The first-order valence-corrected chi connectivity index (χ1v) is 6.19. The van der Waals surface area contributed by atoms with E-state index in [0.717, 1.165) is 5.69 Å². The van der Waals surface area contributed by atoms with Gasteiger partial charge in [-0.1, -0.05) is 12.1 Å². The highest BCUT2D eigenvalue weighted by atomic mass is 16.3. The van der Waals surface area contributed by atoms with Crippen molar-refractivity contribution in [2.24, 2.45) is 0 Å². The summed E-state index contributed by atoms with van der Waals surface area (Å²) in [6, 6.07) is 12.0. The number of pyridine rings is 1. The summed E-state index contributed by atoms with van der Waals surface area (Å²) in [6.07, 6.45) is 1.71. The lowest BCUT2D eigenvalue weighted by Crippen LogP contribution is -2.30. The highest BCUT2D eigenvalue weighted by Gasteiger charge is 2.15. The SMILES string of the molecule is CCN(Cc1ccccn1)C(=O)c1cccc(O)c1. The molecule has 0 unspecified atom stereocenters. The van der Waals surface area contributed by atoms with Crippen molar-refractivity contribution in [3.63, 3.8) is 0 Å². The second-order valence-electron chi connectivity index (χ2n) is 4.19. The topological polar surface area (TPSA) is 53.4 Å². The lowest BCUT2D eigenvalue weighted by Gasteiger charge is -2.20. The summed E-state index contributed by atoms with van der Waals surface area (Å²) >= 11 is 0. The van der Waals surface area contributed by atoms with Gasteiger partial charge in [0, 0.05) is 18.3 Å². The van der Waals surface area contributed by atoms with Crippen molar-refractivity contribution in [3.05, 3.63) is 59.9 Å². The second-order valence-corrected chi connectivity index (χ2v) is 4.19. The van der Waals surface area contributed by atoms with Gasteiger partial charge in [-0.05, 0) is 37.3 Å². The molecule has 1 amide bonds. The van der Waals surface area contributed by atoms with Crippen molar-refractivity contribution >= 4 is 5.91 Å². The smallest absolute Gasteiger partial charge is 0.254 e. The molecule has 1 N–H and O–H groups in total. The molecule has 0 aliphatic heterocycles. The first-order valence-electron chi connectivity index (χ1n) is 6.19. The molecule has 0 saturated heterocycles. The molecule has 1 aromatic heterocycles. The maximum absolute atomic E-state index is 12.3. The first-order chi connectivity index (χ1) is 9.20. The largest absolute Gasteiger partial charge is 0.508 e. The molecule has 0 radical (unpaired) electrons. The van der Waals surface area contributed by atoms with Gasteiger partial charge < -0.3 is 10.0 Å². The van der Waals surface area contributed by atoms with Crippen LogP contribution in [0.2, 0.25) is 0 Å². The van der Waals surface area contributed by atoms with E-state index in [1.54, 1.807) is 29.3 Å². The molecule has 0 spiro atoms. The number of aromatic nitrogens is 1. The third-order valence-electron chi connectivity index (χ3n) is 2.84. The van der Waals surface area contributed by atoms with Crippen LogP contribution in [0.5, 0.6) is 5.75 Å². The van der Waals surface area contributed by atoms with Crippen molar-refractivity contribution in [1.29, 1.82) is 0 Å². The third-order valence-corrected chi connectivity index (χ3v) is 2.84. The van der Waals surface area contributed by atoms with Gasteiger partial charge in [0.1, 0.15) is 5.75 Å². The van der Waals surface area contributed by atoms with Gasteiger partial charge in [0.15, 0.2) is 0 Å². The maximum Gasteiger partial charge on any atom is 0.254 e. The zero-order valence-electron chi connectivity index (χ0n) is 10.8. The summed E-state index contributed by atoms with van der Waals surface area (Å²) in [6.45, 7) is 2.97. The molecular formula is C15H16N2O2. The van der Waals surface area contributed by atoms with Crippen molar-refractivity contribution in [1.82, 2.24) is 9.88 Å². The Balaban J connectivity index is 2.16. The molecule has 0 bridgehead atoms. The molecule has 0 fully saturated rings. The molecule has 98 valence electrons. The fourth-order valence-corrected chi connectivity index (χ4v) is 1.84. The Morgan fingerprint density at radius 3 is 2.74 bits per heavy atom. The summed E-state index contributed by atoms with van der Waals surface area (Å²) in [5.41, 5.74) is 1.33. The molecule has 19 heavy (non-hydrogen) atoms. The van der Waals surface area contributed by atoms with E-state index >= 15 is 0 Å². The molecule has 0 saturated carbocycles. The lowest BCUT2D eigenvalue weighted by molar-refractivity contribution is 0.0750. The minimum absolute atomic E-state index is 0.0970. The van der Waals surface area contributed by atoms with Gasteiger partial charge in [-0.3, -0.25) is 9.78 Å². The van der Waals surface area contributed by atoms with Crippen LogP contribution in [0, 0.1) is 0 Å². The number of hydrogen-bond donors (Lipinski definition) is 1. The average molecular weight is 256 g/mol. The van der Waals surface area contributed by atoms with Crippen LogP contribution in [0.15, 0.2) is 48.7 Å². The van der Waals surface area contributed by atoms with E-state index in [-0.39, 0.29) is 11.7 Å². The fourth-order valence-electron chi connectivity index (χ4n) is 1.84. The molecular weight excluding hydrogens is 240 g/mol. The van der Waals surface area contributed by atoms with Crippen LogP contribution in [-0.2, 0) is 6.54 Å². The third kappa shape index (κ3) is 3.31. The number of benzene rings is 1. The first kappa shape index (κ1) is 13.1. The van der Waals surface area contributed by atoms with E-state index < -0.39 is 0 Å². The van der Waals surface area contributed by atoms with Gasteiger partial charge in [0.05, 0.1) is 12.2 Å². The molecule has 1 aromatic carbocycles. The molecule has 2 rings (SSSR count). The standard InChI is InChI=1S/C15H16N2O2/c1-2-17(11-13-7-3-4-9-16-13)15(19)12-6-5-8-14(18)10-12/h3-10,18H,2,11H2,1H3. The monoisotopic (exact) mass is 256 g/mol. The quantitative estimate of drug-likeness (QED) is 0.914. The van der Waals surface area contributed by atoms with Gasteiger partial charge in [0.2, 0.25) is 0 Å². The van der Waals surface area contributed by atoms with Gasteiger partial charge in [-0.25, -0.2) is 0 Å². The molecule has 2 aromatic rings. The van der Waals surface area contributed by atoms with E-state index in [1.165, 1.54) is 6.07 Å². The van der Waals surface area contributed by atoms with Crippen LogP contribution in [0.1, 0.15) is 23.0 Å². The number of aromatic hydroxyl groups is 1. The molecule has 0 aliphatic carbocycles. The van der Waals surface area contributed by atoms with E-state index in [9.17, 15) is 9.90 Å². The Kier molecular flexibility index (Phi) is 4.13. The summed E-state index contributed by atoms with van der Waals surface area (Å²) in [7, 11) is 0. The number of rotatable bonds is 4. The van der Waals surface area contributed by atoms with Crippen molar-refractivity contribution in [2.45, 2.75) is 13.5 Å². The van der Waals surface area contributed by atoms with E-state index in [2.05, 4.69) is 4.98 Å². The van der Waals surface area contributed by atoms with Crippen LogP contribution >= 0.6 is 0 Å². The highest BCUT2D eigenvalue weighted by molar-refractivity contribution is 5.94. The predicted octanol–water partition coefficient (Wildman–Crippen LogP) is 2.45. The Bertz CT molecular complexity index is 555. The summed E-state index contributed by atoms with van der Waals surface area (Å²) < 4.78 is 0. The predicted molar refractivity (Wildman–Crippen MR) is 72.8 cm³/mol. The molecule has 1 heterocycles. The number of carbonyl (C=O) groups excluding carboxylic acids is 1. The van der Waals surface area contributed by atoms with Gasteiger partial charge in [-0.15, -0.1) is 0 Å². The Morgan fingerprint density at radius 2 is 2.11 bits per heavy atom. The van der Waals surface area contributed by atoms with Crippen LogP contribution in [-0.4, -0.2) is 27.4 Å².